The van der Waals surface area contributed by atoms with Crippen LogP contribution in [-0.2, 0) is 24.2 Å². The highest BCUT2D eigenvalue weighted by Crippen LogP contribution is 2.30. The SMILES string of the molecule is CCOc1ccc(CC(=O)N(CCCn2ccnc2)c2nc3ccc(CC)cc3s2)cc1.Cl. The Kier molecular flexibility index (Phi) is 8.86. The maximum atomic E-state index is 13.4. The van der Waals surface area contributed by atoms with E-state index < -0.39 is 0 Å². The number of benzene rings is 2. The minimum atomic E-state index is 0. The van der Waals surface area contributed by atoms with Gasteiger partial charge in [-0.25, -0.2) is 9.97 Å². The Hall–Kier alpha value is -2.90. The molecule has 0 bridgehead atoms. The molecule has 0 radical (unpaired) electrons. The number of amides is 1. The monoisotopic (exact) mass is 484 g/mol. The predicted molar refractivity (Wildman–Crippen MR) is 137 cm³/mol. The molecule has 4 rings (SSSR count). The number of rotatable bonds is 10. The van der Waals surface area contributed by atoms with E-state index in [0.29, 0.717) is 19.6 Å². The first-order chi connectivity index (χ1) is 15.7. The third-order valence-corrected chi connectivity index (χ3v) is 6.37. The standard InChI is InChI=1S/C25H28N4O2S.ClH/c1-3-19-8-11-22-23(16-19)32-25(27-22)29(14-5-13-28-15-12-26-18-28)24(30)17-20-6-9-21(10-7-20)31-4-2;/h6-12,15-16,18H,3-5,13-14,17H2,1-2H3;1H. The number of ether oxygens (including phenoxy) is 1. The predicted octanol–water partition coefficient (Wildman–Crippen LogP) is 5.54. The highest BCUT2D eigenvalue weighted by atomic mass is 35.5. The molecule has 0 saturated carbocycles. The van der Waals surface area contributed by atoms with Gasteiger partial charge in [-0.1, -0.05) is 36.5 Å². The molecule has 0 aliphatic heterocycles. The molecule has 2 aromatic heterocycles. The Bertz CT molecular complexity index is 1160. The lowest BCUT2D eigenvalue weighted by Gasteiger charge is -2.20. The van der Waals surface area contributed by atoms with Crippen LogP contribution in [0, 0.1) is 0 Å². The van der Waals surface area contributed by atoms with Crippen molar-refractivity contribution in [3.63, 3.8) is 0 Å². The molecule has 0 atom stereocenters. The molecule has 0 spiro atoms. The Morgan fingerprint density at radius 3 is 2.61 bits per heavy atom. The molecule has 0 unspecified atom stereocenters. The second kappa shape index (κ2) is 11.8. The summed E-state index contributed by atoms with van der Waals surface area (Å²) in [7, 11) is 0. The molecule has 0 N–H and O–H groups in total. The normalized spacial score (nSPS) is 10.7. The number of hydrogen-bond donors (Lipinski definition) is 0. The number of thiazole rings is 1. The zero-order valence-corrected chi connectivity index (χ0v) is 20.6. The van der Waals surface area contributed by atoms with Crippen LogP contribution in [0.25, 0.3) is 10.2 Å². The van der Waals surface area contributed by atoms with Crippen LogP contribution in [0.4, 0.5) is 5.13 Å². The van der Waals surface area contributed by atoms with Crippen molar-refractivity contribution in [1.82, 2.24) is 14.5 Å². The van der Waals surface area contributed by atoms with Crippen molar-refractivity contribution in [3.05, 3.63) is 72.3 Å². The van der Waals surface area contributed by atoms with Crippen LogP contribution >= 0.6 is 23.7 Å². The smallest absolute Gasteiger partial charge is 0.233 e. The molecule has 33 heavy (non-hydrogen) atoms. The fourth-order valence-electron chi connectivity index (χ4n) is 3.59. The first kappa shape index (κ1) is 24.7. The average Bonchev–Trinajstić information content (AvgIpc) is 3.47. The summed E-state index contributed by atoms with van der Waals surface area (Å²) in [6.07, 6.45) is 7.64. The zero-order chi connectivity index (χ0) is 22.3. The van der Waals surface area contributed by atoms with Crippen molar-refractivity contribution >= 4 is 45.0 Å². The summed E-state index contributed by atoms with van der Waals surface area (Å²) < 4.78 is 8.66. The fourth-order valence-corrected chi connectivity index (χ4v) is 4.66. The minimum absolute atomic E-state index is 0. The number of anilines is 1. The van der Waals surface area contributed by atoms with Gasteiger partial charge in [0.15, 0.2) is 5.13 Å². The van der Waals surface area contributed by atoms with E-state index in [2.05, 4.69) is 30.1 Å². The quantitative estimate of drug-likeness (QED) is 0.296. The van der Waals surface area contributed by atoms with Crippen LogP contribution in [-0.4, -0.2) is 33.6 Å². The van der Waals surface area contributed by atoms with Crippen molar-refractivity contribution in [1.29, 1.82) is 0 Å². The zero-order valence-electron chi connectivity index (χ0n) is 18.9. The van der Waals surface area contributed by atoms with Gasteiger partial charge in [-0.15, -0.1) is 12.4 Å². The largest absolute Gasteiger partial charge is 0.494 e. The first-order valence-corrected chi connectivity index (χ1v) is 11.8. The summed E-state index contributed by atoms with van der Waals surface area (Å²) in [4.78, 5) is 24.1. The van der Waals surface area contributed by atoms with Crippen molar-refractivity contribution in [2.24, 2.45) is 0 Å². The molecule has 0 fully saturated rings. The first-order valence-electron chi connectivity index (χ1n) is 11.0. The van der Waals surface area contributed by atoms with Gasteiger partial charge in [0.25, 0.3) is 0 Å². The highest BCUT2D eigenvalue weighted by Gasteiger charge is 2.20. The molecule has 2 aromatic carbocycles. The second-order valence-corrected chi connectivity index (χ2v) is 8.61. The number of carbonyl (C=O) groups excluding carboxylic acids is 1. The van der Waals surface area contributed by atoms with Crippen LogP contribution in [0.15, 0.2) is 61.2 Å². The van der Waals surface area contributed by atoms with Crippen LogP contribution in [0.2, 0.25) is 0 Å². The van der Waals surface area contributed by atoms with E-state index in [1.165, 1.54) is 5.56 Å². The maximum absolute atomic E-state index is 13.4. The molecule has 174 valence electrons. The van der Waals surface area contributed by atoms with Gasteiger partial charge in [0, 0.05) is 25.5 Å². The molecule has 0 saturated heterocycles. The third kappa shape index (κ3) is 6.33. The van der Waals surface area contributed by atoms with Gasteiger partial charge >= 0.3 is 0 Å². The maximum Gasteiger partial charge on any atom is 0.233 e. The van der Waals surface area contributed by atoms with Crippen LogP contribution in [0.3, 0.4) is 0 Å². The van der Waals surface area contributed by atoms with E-state index in [4.69, 9.17) is 9.72 Å². The number of nitrogens with zero attached hydrogens (tertiary/aromatic N) is 4. The number of imidazole rings is 1. The van der Waals surface area contributed by atoms with Gasteiger partial charge in [-0.2, -0.15) is 0 Å². The highest BCUT2D eigenvalue weighted by molar-refractivity contribution is 7.22. The number of aryl methyl sites for hydroxylation is 2. The number of hydrogen-bond acceptors (Lipinski definition) is 5. The van der Waals surface area contributed by atoms with Crippen LogP contribution < -0.4 is 9.64 Å². The van der Waals surface area contributed by atoms with E-state index in [1.54, 1.807) is 23.9 Å². The summed E-state index contributed by atoms with van der Waals surface area (Å²) in [5.74, 6) is 0.869. The topological polar surface area (TPSA) is 60.2 Å². The minimum Gasteiger partial charge on any atom is -0.494 e. The van der Waals surface area contributed by atoms with Crippen molar-refractivity contribution in [2.45, 2.75) is 39.7 Å². The second-order valence-electron chi connectivity index (χ2n) is 7.61. The van der Waals surface area contributed by atoms with Gasteiger partial charge in [0.05, 0.1) is 29.6 Å². The molecular weight excluding hydrogens is 456 g/mol. The Balaban J connectivity index is 0.00000306. The number of halogens is 1. The molecule has 8 heteroatoms. The van der Waals surface area contributed by atoms with Gasteiger partial charge < -0.3 is 9.30 Å². The summed E-state index contributed by atoms with van der Waals surface area (Å²) in [6, 6.07) is 14.1. The molecule has 2 heterocycles. The van der Waals surface area contributed by atoms with E-state index >= 15 is 0 Å². The van der Waals surface area contributed by atoms with Gasteiger partial charge in [0.2, 0.25) is 5.91 Å². The summed E-state index contributed by atoms with van der Waals surface area (Å²) >= 11 is 1.59. The van der Waals surface area contributed by atoms with Gasteiger partial charge in [-0.3, -0.25) is 9.69 Å². The lowest BCUT2D eigenvalue weighted by Crippen LogP contribution is -2.33. The molecular formula is C25H29ClN4O2S. The Morgan fingerprint density at radius 1 is 1.12 bits per heavy atom. The molecule has 6 nitrogen and oxygen atoms in total. The molecule has 4 aromatic rings. The lowest BCUT2D eigenvalue weighted by molar-refractivity contribution is -0.118. The Morgan fingerprint density at radius 2 is 1.91 bits per heavy atom. The van der Waals surface area contributed by atoms with Crippen LogP contribution in [0.5, 0.6) is 5.75 Å². The molecule has 1 amide bonds. The number of fused-ring (bicyclic) bond motifs is 1. The number of aromatic nitrogens is 3. The van der Waals surface area contributed by atoms with Gasteiger partial charge in [0.1, 0.15) is 5.75 Å². The van der Waals surface area contributed by atoms with Gasteiger partial charge in [-0.05, 0) is 55.2 Å². The van der Waals surface area contributed by atoms with Crippen molar-refractivity contribution in [2.75, 3.05) is 18.1 Å². The van der Waals surface area contributed by atoms with Crippen LogP contribution in [0.1, 0.15) is 31.4 Å². The average molecular weight is 485 g/mol. The van der Waals surface area contributed by atoms with E-state index in [9.17, 15) is 4.79 Å². The Labute approximate surface area is 204 Å². The summed E-state index contributed by atoms with van der Waals surface area (Å²) in [6.45, 7) is 6.14. The fraction of sp³-hybridized carbons (Fsp3) is 0.320. The third-order valence-electron chi connectivity index (χ3n) is 5.33. The lowest BCUT2D eigenvalue weighted by atomic mass is 10.1. The van der Waals surface area contributed by atoms with Crippen molar-refractivity contribution < 1.29 is 9.53 Å². The van der Waals surface area contributed by atoms with E-state index in [1.807, 2.05) is 46.9 Å². The molecule has 0 aliphatic carbocycles. The van der Waals surface area contributed by atoms with Crippen molar-refractivity contribution in [3.8, 4) is 5.75 Å². The molecule has 0 aliphatic rings. The summed E-state index contributed by atoms with van der Waals surface area (Å²) in [5, 5.41) is 0.759. The number of carbonyl (C=O) groups is 1. The summed E-state index contributed by atoms with van der Waals surface area (Å²) in [5.41, 5.74) is 3.18. The van der Waals surface area contributed by atoms with E-state index in [-0.39, 0.29) is 18.3 Å². The van der Waals surface area contributed by atoms with E-state index in [0.717, 1.165) is 46.0 Å².